The average Bonchev–Trinajstić information content (AvgIpc) is 3.21. The van der Waals surface area contributed by atoms with Gasteiger partial charge in [-0.05, 0) is 24.0 Å². The summed E-state index contributed by atoms with van der Waals surface area (Å²) in [5.74, 6) is 0.130. The van der Waals surface area contributed by atoms with Gasteiger partial charge in [0.25, 0.3) is 5.91 Å². The van der Waals surface area contributed by atoms with Gasteiger partial charge in [0, 0.05) is 23.9 Å². The highest BCUT2D eigenvalue weighted by Gasteiger charge is 2.55. The maximum absolute atomic E-state index is 13.1. The van der Waals surface area contributed by atoms with Crippen molar-refractivity contribution in [2.75, 3.05) is 26.1 Å². The van der Waals surface area contributed by atoms with E-state index in [1.54, 1.807) is 18.2 Å². The molecule has 2 N–H and O–H groups in total. The van der Waals surface area contributed by atoms with Crippen LogP contribution in [-0.4, -0.2) is 43.5 Å². The van der Waals surface area contributed by atoms with Crippen LogP contribution in [0.15, 0.2) is 42.5 Å². The van der Waals surface area contributed by atoms with E-state index < -0.39 is 23.4 Å². The summed E-state index contributed by atoms with van der Waals surface area (Å²) in [6, 6.07) is 11.9. The van der Waals surface area contributed by atoms with Crippen LogP contribution in [0, 0.1) is 0 Å². The zero-order valence-corrected chi connectivity index (χ0v) is 16.2. The van der Waals surface area contributed by atoms with Crippen molar-refractivity contribution in [3.8, 4) is 11.5 Å². The maximum atomic E-state index is 13.1. The quantitative estimate of drug-likeness (QED) is 0.755. The van der Waals surface area contributed by atoms with Crippen LogP contribution in [0.25, 0.3) is 0 Å². The summed E-state index contributed by atoms with van der Waals surface area (Å²) in [4.78, 5) is 39.1. The molecule has 2 aliphatic rings. The smallest absolute Gasteiger partial charge is 0.325 e. The number of hydrogen-bond acceptors (Lipinski definition) is 5. The predicted molar refractivity (Wildman–Crippen MR) is 105 cm³/mol. The molecule has 1 unspecified atom stereocenters. The zero-order valence-electron chi connectivity index (χ0n) is 16.2. The number of nitrogens with zero attached hydrogens (tertiary/aromatic N) is 1. The fourth-order valence-electron chi connectivity index (χ4n) is 3.96. The molecule has 2 aromatic carbocycles. The van der Waals surface area contributed by atoms with Crippen LogP contribution >= 0.6 is 0 Å². The molecule has 1 atom stereocenters. The Morgan fingerprint density at radius 2 is 1.83 bits per heavy atom. The van der Waals surface area contributed by atoms with E-state index in [1.807, 2.05) is 24.3 Å². The summed E-state index contributed by atoms with van der Waals surface area (Å²) in [6.45, 7) is -0.381. The van der Waals surface area contributed by atoms with Crippen molar-refractivity contribution in [1.29, 1.82) is 0 Å². The van der Waals surface area contributed by atoms with Gasteiger partial charge in [-0.1, -0.05) is 24.3 Å². The third-order valence-electron chi connectivity index (χ3n) is 5.36. The summed E-state index contributed by atoms with van der Waals surface area (Å²) in [6.07, 6.45) is 1.19. The third kappa shape index (κ3) is 3.16. The molecule has 29 heavy (non-hydrogen) atoms. The van der Waals surface area contributed by atoms with E-state index in [0.29, 0.717) is 30.0 Å². The van der Waals surface area contributed by atoms with Crippen molar-refractivity contribution >= 4 is 23.5 Å². The van der Waals surface area contributed by atoms with Gasteiger partial charge in [-0.25, -0.2) is 4.79 Å². The predicted octanol–water partition coefficient (Wildman–Crippen LogP) is 2.04. The molecular weight excluding hydrogens is 374 g/mol. The molecule has 8 heteroatoms. The van der Waals surface area contributed by atoms with E-state index in [4.69, 9.17) is 9.47 Å². The Kier molecular flexibility index (Phi) is 4.62. The Bertz CT molecular complexity index is 983. The molecule has 1 heterocycles. The van der Waals surface area contributed by atoms with E-state index in [0.717, 1.165) is 16.0 Å². The minimum Gasteiger partial charge on any atom is -0.497 e. The molecule has 2 aromatic rings. The summed E-state index contributed by atoms with van der Waals surface area (Å²) >= 11 is 0. The minimum atomic E-state index is -1.08. The molecule has 8 nitrogen and oxygen atoms in total. The molecule has 1 aliphatic heterocycles. The molecule has 150 valence electrons. The fourth-order valence-corrected chi connectivity index (χ4v) is 3.96. The lowest BCUT2D eigenvalue weighted by Crippen LogP contribution is -2.43. The first-order chi connectivity index (χ1) is 14.0. The van der Waals surface area contributed by atoms with Gasteiger partial charge in [0.2, 0.25) is 5.91 Å². The second-order valence-electron chi connectivity index (χ2n) is 7.03. The van der Waals surface area contributed by atoms with Gasteiger partial charge in [0.15, 0.2) is 0 Å². The highest BCUT2D eigenvalue weighted by molar-refractivity contribution is 6.11. The Balaban J connectivity index is 1.51. The van der Waals surface area contributed by atoms with Crippen molar-refractivity contribution in [2.24, 2.45) is 0 Å². The number of anilines is 1. The number of imide groups is 1. The Hall–Kier alpha value is -3.55. The molecule has 0 saturated carbocycles. The Labute approximate surface area is 167 Å². The van der Waals surface area contributed by atoms with Crippen molar-refractivity contribution in [3.63, 3.8) is 0 Å². The first-order valence-electron chi connectivity index (χ1n) is 9.22. The highest BCUT2D eigenvalue weighted by atomic mass is 16.5. The van der Waals surface area contributed by atoms with Gasteiger partial charge in [-0.15, -0.1) is 0 Å². The number of hydrogen-bond donors (Lipinski definition) is 2. The molecule has 4 amide bonds. The first-order valence-corrected chi connectivity index (χ1v) is 9.22. The van der Waals surface area contributed by atoms with Crippen molar-refractivity contribution < 1.29 is 23.9 Å². The number of carbonyl (C=O) groups excluding carboxylic acids is 3. The number of ether oxygens (including phenoxy) is 2. The highest BCUT2D eigenvalue weighted by Crippen LogP contribution is 2.41. The molecule has 1 aliphatic carbocycles. The maximum Gasteiger partial charge on any atom is 0.325 e. The number of fused-ring (bicyclic) bond motifs is 2. The normalized spacial score (nSPS) is 19.9. The SMILES string of the molecule is COc1cc(NC(=O)CN2C(=O)NC3(CCc4ccccc43)C2=O)cc(OC)c1. The van der Waals surface area contributed by atoms with Crippen LogP contribution in [0.3, 0.4) is 0 Å². The van der Waals surface area contributed by atoms with Gasteiger partial charge >= 0.3 is 6.03 Å². The van der Waals surface area contributed by atoms with Crippen LogP contribution in [0.5, 0.6) is 11.5 Å². The third-order valence-corrected chi connectivity index (χ3v) is 5.36. The summed E-state index contributed by atoms with van der Waals surface area (Å²) in [5.41, 5.74) is 1.21. The molecule has 0 radical (unpaired) electrons. The van der Waals surface area contributed by atoms with Crippen LogP contribution in [0.2, 0.25) is 0 Å². The summed E-state index contributed by atoms with van der Waals surface area (Å²) < 4.78 is 10.4. The molecule has 1 fully saturated rings. The standard InChI is InChI=1S/C21H21N3O5/c1-28-15-9-14(10-16(11-15)29-2)22-18(25)12-24-19(26)21(23-20(24)27)8-7-13-5-3-4-6-17(13)21/h3-6,9-11H,7-8,12H2,1-2H3,(H,22,25)(H,23,27). The lowest BCUT2D eigenvalue weighted by Gasteiger charge is -2.22. The lowest BCUT2D eigenvalue weighted by atomic mass is 9.92. The van der Waals surface area contributed by atoms with E-state index in [1.165, 1.54) is 14.2 Å². The fraction of sp³-hybridized carbons (Fsp3) is 0.286. The molecule has 1 spiro atoms. The van der Waals surface area contributed by atoms with E-state index in [-0.39, 0.29) is 6.54 Å². The summed E-state index contributed by atoms with van der Waals surface area (Å²) in [5, 5.41) is 5.49. The van der Waals surface area contributed by atoms with Gasteiger partial charge < -0.3 is 20.1 Å². The summed E-state index contributed by atoms with van der Waals surface area (Å²) in [7, 11) is 3.01. The molecule has 0 aromatic heterocycles. The number of nitrogens with one attached hydrogen (secondary N) is 2. The zero-order chi connectivity index (χ0) is 20.6. The van der Waals surface area contributed by atoms with Crippen molar-refractivity contribution in [2.45, 2.75) is 18.4 Å². The van der Waals surface area contributed by atoms with Crippen LogP contribution in [0.1, 0.15) is 17.5 Å². The number of amides is 4. The monoisotopic (exact) mass is 395 g/mol. The number of urea groups is 1. The van der Waals surface area contributed by atoms with Gasteiger partial charge in [-0.3, -0.25) is 14.5 Å². The van der Waals surface area contributed by atoms with E-state index in [2.05, 4.69) is 10.6 Å². The number of aryl methyl sites for hydroxylation is 1. The number of carbonyl (C=O) groups is 3. The van der Waals surface area contributed by atoms with E-state index in [9.17, 15) is 14.4 Å². The molecular formula is C21H21N3O5. The molecule has 0 bridgehead atoms. The minimum absolute atomic E-state index is 0.381. The molecule has 1 saturated heterocycles. The number of rotatable bonds is 5. The van der Waals surface area contributed by atoms with Crippen LogP contribution < -0.4 is 20.1 Å². The topological polar surface area (TPSA) is 97.0 Å². The van der Waals surface area contributed by atoms with Gasteiger partial charge in [0.1, 0.15) is 23.6 Å². The van der Waals surface area contributed by atoms with Crippen molar-refractivity contribution in [1.82, 2.24) is 10.2 Å². The second kappa shape index (κ2) is 7.12. The lowest BCUT2D eigenvalue weighted by molar-refractivity contribution is -0.134. The first kappa shape index (κ1) is 18.8. The molecule has 4 rings (SSSR count). The number of methoxy groups -OCH3 is 2. The largest absolute Gasteiger partial charge is 0.497 e. The second-order valence-corrected chi connectivity index (χ2v) is 7.03. The number of benzene rings is 2. The van der Waals surface area contributed by atoms with Gasteiger partial charge in [0.05, 0.1) is 14.2 Å². The van der Waals surface area contributed by atoms with Crippen molar-refractivity contribution in [3.05, 3.63) is 53.6 Å². The van der Waals surface area contributed by atoms with Gasteiger partial charge in [-0.2, -0.15) is 0 Å². The van der Waals surface area contributed by atoms with Crippen LogP contribution in [-0.2, 0) is 21.5 Å². The Morgan fingerprint density at radius 1 is 1.14 bits per heavy atom. The Morgan fingerprint density at radius 3 is 2.52 bits per heavy atom. The van der Waals surface area contributed by atoms with Crippen LogP contribution in [0.4, 0.5) is 10.5 Å². The van der Waals surface area contributed by atoms with E-state index >= 15 is 0 Å². The average molecular weight is 395 g/mol.